The predicted octanol–water partition coefficient (Wildman–Crippen LogP) is 1.24. The van der Waals surface area contributed by atoms with Gasteiger partial charge in [-0.05, 0) is 33.6 Å². The van der Waals surface area contributed by atoms with Crippen LogP contribution in [0.2, 0.25) is 0 Å². The first-order valence-corrected chi connectivity index (χ1v) is 6.40. The van der Waals surface area contributed by atoms with Crippen LogP contribution in [0.25, 0.3) is 0 Å². The number of rotatable bonds is 5. The van der Waals surface area contributed by atoms with Gasteiger partial charge in [-0.15, -0.1) is 0 Å². The van der Waals surface area contributed by atoms with Crippen molar-refractivity contribution < 1.29 is 19.0 Å². The standard InChI is InChI=1S/C13H25NO4/c1-12(2,3)18-8-7-17-10-5-6-13(14,9-10)11(15)16-4/h10H,5-9,14H2,1-4H3. The highest BCUT2D eigenvalue weighted by molar-refractivity contribution is 5.80. The normalized spacial score (nSPS) is 28.4. The van der Waals surface area contributed by atoms with E-state index in [-0.39, 0.29) is 17.7 Å². The Bertz CT molecular complexity index is 287. The quantitative estimate of drug-likeness (QED) is 0.594. The minimum Gasteiger partial charge on any atom is -0.468 e. The van der Waals surface area contributed by atoms with E-state index in [1.54, 1.807) is 0 Å². The smallest absolute Gasteiger partial charge is 0.325 e. The first-order chi connectivity index (χ1) is 8.27. The molecular formula is C13H25NO4. The maximum Gasteiger partial charge on any atom is 0.325 e. The molecule has 5 heteroatoms. The van der Waals surface area contributed by atoms with Crippen LogP contribution in [0.15, 0.2) is 0 Å². The molecule has 2 unspecified atom stereocenters. The van der Waals surface area contributed by atoms with E-state index < -0.39 is 5.54 Å². The van der Waals surface area contributed by atoms with Crippen LogP contribution in [0.1, 0.15) is 40.0 Å². The molecule has 1 fully saturated rings. The highest BCUT2D eigenvalue weighted by atomic mass is 16.5. The summed E-state index contributed by atoms with van der Waals surface area (Å²) >= 11 is 0. The van der Waals surface area contributed by atoms with Crippen molar-refractivity contribution in [3.63, 3.8) is 0 Å². The molecule has 0 heterocycles. The average molecular weight is 259 g/mol. The van der Waals surface area contributed by atoms with Gasteiger partial charge in [-0.25, -0.2) is 0 Å². The van der Waals surface area contributed by atoms with Crippen LogP contribution in [0.3, 0.4) is 0 Å². The van der Waals surface area contributed by atoms with E-state index in [0.29, 0.717) is 26.1 Å². The van der Waals surface area contributed by atoms with Crippen molar-refractivity contribution in [2.45, 2.75) is 57.3 Å². The van der Waals surface area contributed by atoms with Crippen LogP contribution in [0.4, 0.5) is 0 Å². The maximum absolute atomic E-state index is 11.5. The molecule has 1 saturated carbocycles. The zero-order valence-electron chi connectivity index (χ0n) is 11.8. The Labute approximate surface area is 109 Å². The van der Waals surface area contributed by atoms with Crippen molar-refractivity contribution in [3.8, 4) is 0 Å². The third kappa shape index (κ3) is 4.55. The van der Waals surface area contributed by atoms with E-state index >= 15 is 0 Å². The number of hydrogen-bond acceptors (Lipinski definition) is 5. The minimum absolute atomic E-state index is 0.0256. The second-order valence-corrected chi connectivity index (χ2v) is 5.84. The maximum atomic E-state index is 11.5. The van der Waals surface area contributed by atoms with E-state index in [0.717, 1.165) is 6.42 Å². The summed E-state index contributed by atoms with van der Waals surface area (Å²) in [6.45, 7) is 7.09. The Kier molecular flexibility index (Phi) is 5.13. The summed E-state index contributed by atoms with van der Waals surface area (Å²) in [5, 5.41) is 0. The van der Waals surface area contributed by atoms with Gasteiger partial charge in [0.15, 0.2) is 0 Å². The predicted molar refractivity (Wildman–Crippen MR) is 68.2 cm³/mol. The molecule has 0 aliphatic heterocycles. The summed E-state index contributed by atoms with van der Waals surface area (Å²) in [6.07, 6.45) is 1.96. The van der Waals surface area contributed by atoms with Gasteiger partial charge in [-0.2, -0.15) is 0 Å². The fourth-order valence-corrected chi connectivity index (χ4v) is 2.12. The minimum atomic E-state index is -0.871. The van der Waals surface area contributed by atoms with Gasteiger partial charge >= 0.3 is 5.97 Å². The lowest BCUT2D eigenvalue weighted by molar-refractivity contribution is -0.147. The summed E-state index contributed by atoms with van der Waals surface area (Å²) < 4.78 is 15.9. The van der Waals surface area contributed by atoms with Crippen molar-refractivity contribution in [2.24, 2.45) is 5.73 Å². The fourth-order valence-electron chi connectivity index (χ4n) is 2.12. The first-order valence-electron chi connectivity index (χ1n) is 6.40. The number of carbonyl (C=O) groups excluding carboxylic acids is 1. The van der Waals surface area contributed by atoms with Crippen LogP contribution < -0.4 is 5.73 Å². The molecule has 0 amide bonds. The Morgan fingerprint density at radius 3 is 2.61 bits per heavy atom. The summed E-state index contributed by atoms with van der Waals surface area (Å²) in [4.78, 5) is 11.5. The van der Waals surface area contributed by atoms with Crippen molar-refractivity contribution in [2.75, 3.05) is 20.3 Å². The zero-order valence-corrected chi connectivity index (χ0v) is 11.8. The van der Waals surface area contributed by atoms with Gasteiger partial charge in [0.1, 0.15) is 5.54 Å². The molecule has 18 heavy (non-hydrogen) atoms. The first kappa shape index (κ1) is 15.4. The molecule has 0 aromatic rings. The molecule has 0 radical (unpaired) electrons. The molecule has 1 rings (SSSR count). The van der Waals surface area contributed by atoms with Crippen LogP contribution in [0, 0.1) is 0 Å². The van der Waals surface area contributed by atoms with Gasteiger partial charge < -0.3 is 19.9 Å². The molecule has 2 N–H and O–H groups in total. The molecule has 0 aromatic carbocycles. The number of esters is 1. The second-order valence-electron chi connectivity index (χ2n) is 5.84. The van der Waals surface area contributed by atoms with Gasteiger partial charge in [0.05, 0.1) is 32.0 Å². The van der Waals surface area contributed by atoms with E-state index in [9.17, 15) is 4.79 Å². The lowest BCUT2D eigenvalue weighted by atomic mass is 10.00. The van der Waals surface area contributed by atoms with Crippen LogP contribution in [0.5, 0.6) is 0 Å². The zero-order chi connectivity index (χ0) is 13.8. The van der Waals surface area contributed by atoms with Crippen LogP contribution in [-0.2, 0) is 19.0 Å². The number of carbonyl (C=O) groups is 1. The number of hydrogen-bond donors (Lipinski definition) is 1. The Balaban J connectivity index is 2.25. The van der Waals surface area contributed by atoms with Gasteiger partial charge in [0.2, 0.25) is 0 Å². The average Bonchev–Trinajstić information content (AvgIpc) is 2.66. The number of nitrogens with two attached hydrogens (primary N) is 1. The lowest BCUT2D eigenvalue weighted by Crippen LogP contribution is -2.46. The second kappa shape index (κ2) is 5.99. The number of ether oxygens (including phenoxy) is 3. The molecule has 1 aliphatic carbocycles. The van der Waals surface area contributed by atoms with Gasteiger partial charge in [-0.1, -0.05) is 0 Å². The summed E-state index contributed by atoms with van der Waals surface area (Å²) in [5.74, 6) is -0.348. The third-order valence-electron chi connectivity index (χ3n) is 3.07. The number of methoxy groups -OCH3 is 1. The van der Waals surface area contributed by atoms with Crippen LogP contribution >= 0.6 is 0 Å². The van der Waals surface area contributed by atoms with E-state index in [2.05, 4.69) is 0 Å². The Morgan fingerprint density at radius 2 is 2.06 bits per heavy atom. The molecule has 0 spiro atoms. The van der Waals surface area contributed by atoms with Gasteiger partial charge in [0, 0.05) is 6.42 Å². The summed E-state index contributed by atoms with van der Waals surface area (Å²) in [5.41, 5.74) is 4.97. The van der Waals surface area contributed by atoms with E-state index in [1.807, 2.05) is 20.8 Å². The van der Waals surface area contributed by atoms with Crippen molar-refractivity contribution in [1.29, 1.82) is 0 Å². The largest absolute Gasteiger partial charge is 0.468 e. The summed E-state index contributed by atoms with van der Waals surface area (Å²) in [6, 6.07) is 0. The lowest BCUT2D eigenvalue weighted by Gasteiger charge is -2.22. The Hall–Kier alpha value is -0.650. The molecule has 0 saturated heterocycles. The molecule has 0 aromatic heterocycles. The SMILES string of the molecule is COC(=O)C1(N)CCC(OCCOC(C)(C)C)C1. The summed E-state index contributed by atoms with van der Waals surface area (Å²) in [7, 11) is 1.36. The van der Waals surface area contributed by atoms with Crippen molar-refractivity contribution >= 4 is 5.97 Å². The molecule has 2 atom stereocenters. The highest BCUT2D eigenvalue weighted by Gasteiger charge is 2.43. The third-order valence-corrected chi connectivity index (χ3v) is 3.07. The van der Waals surface area contributed by atoms with Gasteiger partial charge in [-0.3, -0.25) is 4.79 Å². The Morgan fingerprint density at radius 1 is 1.39 bits per heavy atom. The van der Waals surface area contributed by atoms with Crippen LogP contribution in [-0.4, -0.2) is 43.5 Å². The molecule has 0 bridgehead atoms. The van der Waals surface area contributed by atoms with Crippen molar-refractivity contribution in [3.05, 3.63) is 0 Å². The fraction of sp³-hybridized carbons (Fsp3) is 0.923. The van der Waals surface area contributed by atoms with E-state index in [1.165, 1.54) is 7.11 Å². The molecule has 106 valence electrons. The molecular weight excluding hydrogens is 234 g/mol. The topological polar surface area (TPSA) is 70.8 Å². The highest BCUT2D eigenvalue weighted by Crippen LogP contribution is 2.30. The molecule has 5 nitrogen and oxygen atoms in total. The van der Waals surface area contributed by atoms with E-state index in [4.69, 9.17) is 19.9 Å². The molecule has 1 aliphatic rings. The monoisotopic (exact) mass is 259 g/mol. The van der Waals surface area contributed by atoms with Gasteiger partial charge in [0.25, 0.3) is 0 Å². The van der Waals surface area contributed by atoms with Crippen molar-refractivity contribution in [1.82, 2.24) is 0 Å².